The Morgan fingerprint density at radius 2 is 2.04 bits per heavy atom. The summed E-state index contributed by atoms with van der Waals surface area (Å²) in [5, 5.41) is 5.91. The third-order valence-electron chi connectivity index (χ3n) is 4.59. The molecule has 0 saturated heterocycles. The zero-order valence-electron chi connectivity index (χ0n) is 14.8. The minimum atomic E-state index is -0.145. The van der Waals surface area contributed by atoms with E-state index in [4.69, 9.17) is 9.15 Å². The summed E-state index contributed by atoms with van der Waals surface area (Å²) < 4.78 is 11.1. The summed E-state index contributed by atoms with van der Waals surface area (Å²) in [4.78, 5) is 16.6. The van der Waals surface area contributed by atoms with Crippen LogP contribution in [0.5, 0.6) is 5.75 Å². The highest BCUT2D eigenvalue weighted by Crippen LogP contribution is 2.30. The van der Waals surface area contributed by atoms with Crippen LogP contribution in [-0.2, 0) is 6.54 Å². The predicted octanol–water partition coefficient (Wildman–Crippen LogP) is 3.79. The number of hydrogen-bond donors (Lipinski definition) is 2. The second-order valence-corrected chi connectivity index (χ2v) is 6.38. The van der Waals surface area contributed by atoms with Crippen molar-refractivity contribution < 1.29 is 13.9 Å². The van der Waals surface area contributed by atoms with Crippen LogP contribution in [0.15, 0.2) is 28.7 Å². The SMILES string of the molecule is COc1ccccc1-c1nc(CNC(=O)NC2CCCCC2)c(C)o1. The molecule has 6 nitrogen and oxygen atoms in total. The van der Waals surface area contributed by atoms with Crippen molar-refractivity contribution >= 4 is 6.03 Å². The van der Waals surface area contributed by atoms with Gasteiger partial charge in [-0.05, 0) is 31.9 Å². The Bertz CT molecular complexity index is 720. The second-order valence-electron chi connectivity index (χ2n) is 6.38. The average Bonchev–Trinajstić information content (AvgIpc) is 3.01. The number of aromatic nitrogens is 1. The first-order valence-electron chi connectivity index (χ1n) is 8.81. The molecule has 1 fully saturated rings. The van der Waals surface area contributed by atoms with Crippen molar-refractivity contribution in [3.63, 3.8) is 0 Å². The van der Waals surface area contributed by atoms with Crippen LogP contribution in [0.4, 0.5) is 4.79 Å². The molecule has 0 radical (unpaired) electrons. The molecule has 2 amide bonds. The van der Waals surface area contributed by atoms with Gasteiger partial charge < -0.3 is 19.8 Å². The zero-order chi connectivity index (χ0) is 17.6. The summed E-state index contributed by atoms with van der Waals surface area (Å²) in [5.41, 5.74) is 1.52. The van der Waals surface area contributed by atoms with Gasteiger partial charge >= 0.3 is 6.03 Å². The summed E-state index contributed by atoms with van der Waals surface area (Å²) in [6.07, 6.45) is 5.78. The Hall–Kier alpha value is -2.50. The lowest BCUT2D eigenvalue weighted by Gasteiger charge is -2.22. The number of oxazole rings is 1. The lowest BCUT2D eigenvalue weighted by molar-refractivity contribution is 0.232. The number of ether oxygens (including phenoxy) is 1. The van der Waals surface area contributed by atoms with Crippen LogP contribution in [0, 0.1) is 6.92 Å². The normalized spacial score (nSPS) is 15.0. The highest BCUT2D eigenvalue weighted by atomic mass is 16.5. The van der Waals surface area contributed by atoms with Gasteiger partial charge in [-0.2, -0.15) is 0 Å². The van der Waals surface area contributed by atoms with E-state index in [1.807, 2.05) is 31.2 Å². The molecule has 1 saturated carbocycles. The van der Waals surface area contributed by atoms with E-state index in [0.717, 1.165) is 24.1 Å². The number of nitrogens with zero attached hydrogens (tertiary/aromatic N) is 1. The molecule has 6 heteroatoms. The van der Waals surface area contributed by atoms with E-state index in [9.17, 15) is 4.79 Å². The number of benzene rings is 1. The number of carbonyl (C=O) groups is 1. The van der Waals surface area contributed by atoms with E-state index in [1.165, 1.54) is 19.3 Å². The smallest absolute Gasteiger partial charge is 0.315 e. The Morgan fingerprint density at radius 3 is 2.80 bits per heavy atom. The van der Waals surface area contributed by atoms with E-state index < -0.39 is 0 Å². The average molecular weight is 343 g/mol. The number of amides is 2. The minimum absolute atomic E-state index is 0.145. The topological polar surface area (TPSA) is 76.4 Å². The van der Waals surface area contributed by atoms with E-state index in [-0.39, 0.29) is 12.1 Å². The molecule has 0 atom stereocenters. The van der Waals surface area contributed by atoms with Gasteiger partial charge in [0.1, 0.15) is 17.2 Å². The molecule has 2 N–H and O–H groups in total. The van der Waals surface area contributed by atoms with E-state index in [2.05, 4.69) is 15.6 Å². The first kappa shape index (κ1) is 17.3. The van der Waals surface area contributed by atoms with Crippen LogP contribution < -0.4 is 15.4 Å². The Morgan fingerprint density at radius 1 is 1.28 bits per heavy atom. The molecular weight excluding hydrogens is 318 g/mol. The molecule has 0 unspecified atom stereocenters. The van der Waals surface area contributed by atoms with E-state index in [1.54, 1.807) is 7.11 Å². The van der Waals surface area contributed by atoms with Gasteiger partial charge in [-0.3, -0.25) is 0 Å². The lowest BCUT2D eigenvalue weighted by Crippen LogP contribution is -2.42. The quantitative estimate of drug-likeness (QED) is 0.866. The first-order chi connectivity index (χ1) is 12.2. The van der Waals surface area contributed by atoms with Crippen LogP contribution in [-0.4, -0.2) is 24.2 Å². The number of carbonyl (C=O) groups excluding carboxylic acids is 1. The van der Waals surface area contributed by atoms with Crippen molar-refractivity contribution in [1.29, 1.82) is 0 Å². The summed E-state index contributed by atoms with van der Waals surface area (Å²) in [5.74, 6) is 1.90. The van der Waals surface area contributed by atoms with Crippen molar-refractivity contribution in [1.82, 2.24) is 15.6 Å². The van der Waals surface area contributed by atoms with Crippen molar-refractivity contribution in [2.75, 3.05) is 7.11 Å². The Labute approximate surface area is 148 Å². The minimum Gasteiger partial charge on any atom is -0.496 e. The first-order valence-corrected chi connectivity index (χ1v) is 8.81. The summed E-state index contributed by atoms with van der Waals surface area (Å²) in [6.45, 7) is 2.19. The predicted molar refractivity (Wildman–Crippen MR) is 95.5 cm³/mol. The van der Waals surface area contributed by atoms with Crippen LogP contribution in [0.1, 0.15) is 43.6 Å². The van der Waals surface area contributed by atoms with Gasteiger partial charge in [0.15, 0.2) is 0 Å². The number of urea groups is 1. The monoisotopic (exact) mass is 343 g/mol. The van der Waals surface area contributed by atoms with Gasteiger partial charge in [-0.15, -0.1) is 0 Å². The highest BCUT2D eigenvalue weighted by Gasteiger charge is 2.17. The molecule has 0 spiro atoms. The fraction of sp³-hybridized carbons (Fsp3) is 0.474. The number of hydrogen-bond acceptors (Lipinski definition) is 4. The lowest BCUT2D eigenvalue weighted by atomic mass is 9.96. The Kier molecular flexibility index (Phi) is 5.58. The maximum Gasteiger partial charge on any atom is 0.315 e. The summed E-state index contributed by atoms with van der Waals surface area (Å²) in [7, 11) is 1.62. The van der Waals surface area contributed by atoms with Crippen molar-refractivity contribution in [3.05, 3.63) is 35.7 Å². The molecule has 0 aliphatic heterocycles. The molecule has 1 heterocycles. The van der Waals surface area contributed by atoms with Crippen molar-refractivity contribution in [2.24, 2.45) is 0 Å². The van der Waals surface area contributed by atoms with Gasteiger partial charge in [0.2, 0.25) is 5.89 Å². The molecule has 2 aromatic rings. The van der Waals surface area contributed by atoms with Gasteiger partial charge in [0.25, 0.3) is 0 Å². The van der Waals surface area contributed by atoms with Crippen LogP contribution in [0.2, 0.25) is 0 Å². The Balaban J connectivity index is 1.61. The van der Waals surface area contributed by atoms with E-state index in [0.29, 0.717) is 23.9 Å². The van der Waals surface area contributed by atoms with Gasteiger partial charge in [-0.1, -0.05) is 31.4 Å². The number of methoxy groups -OCH3 is 1. The standard InChI is InChI=1S/C19H25N3O3/c1-13-16(12-20-19(23)21-14-8-4-3-5-9-14)22-18(25-13)15-10-6-7-11-17(15)24-2/h6-7,10-11,14H,3-5,8-9,12H2,1-2H3,(H2,20,21,23). The fourth-order valence-corrected chi connectivity index (χ4v) is 3.18. The fourth-order valence-electron chi connectivity index (χ4n) is 3.18. The third-order valence-corrected chi connectivity index (χ3v) is 4.59. The highest BCUT2D eigenvalue weighted by molar-refractivity contribution is 5.74. The molecule has 0 bridgehead atoms. The molecule has 25 heavy (non-hydrogen) atoms. The van der Waals surface area contributed by atoms with Gasteiger partial charge in [0, 0.05) is 6.04 Å². The molecular formula is C19H25N3O3. The van der Waals surface area contributed by atoms with Crippen LogP contribution in [0.25, 0.3) is 11.5 Å². The van der Waals surface area contributed by atoms with Crippen molar-refractivity contribution in [3.8, 4) is 17.2 Å². The largest absolute Gasteiger partial charge is 0.496 e. The van der Waals surface area contributed by atoms with E-state index >= 15 is 0 Å². The molecule has 3 rings (SSSR count). The number of para-hydroxylation sites is 1. The number of nitrogens with one attached hydrogen (secondary N) is 2. The summed E-state index contributed by atoms with van der Waals surface area (Å²) >= 11 is 0. The molecule has 134 valence electrons. The zero-order valence-corrected chi connectivity index (χ0v) is 14.8. The van der Waals surface area contributed by atoms with Gasteiger partial charge in [0.05, 0.1) is 19.2 Å². The molecule has 1 aromatic heterocycles. The van der Waals surface area contributed by atoms with Crippen LogP contribution >= 0.6 is 0 Å². The summed E-state index contributed by atoms with van der Waals surface area (Å²) in [6, 6.07) is 7.72. The second kappa shape index (κ2) is 8.05. The van der Waals surface area contributed by atoms with Crippen LogP contribution in [0.3, 0.4) is 0 Å². The maximum atomic E-state index is 12.1. The molecule has 1 aliphatic rings. The third kappa shape index (κ3) is 4.32. The molecule has 1 aliphatic carbocycles. The number of aryl methyl sites for hydroxylation is 1. The van der Waals surface area contributed by atoms with Crippen molar-refractivity contribution in [2.45, 2.75) is 51.6 Å². The maximum absolute atomic E-state index is 12.1. The molecule has 1 aromatic carbocycles. The van der Waals surface area contributed by atoms with Gasteiger partial charge in [-0.25, -0.2) is 9.78 Å². The number of rotatable bonds is 5.